The number of benzene rings is 2. The van der Waals surface area contributed by atoms with E-state index in [2.05, 4.69) is 0 Å². The summed E-state index contributed by atoms with van der Waals surface area (Å²) in [6, 6.07) is 14.1. The number of hydrogen-bond donors (Lipinski definition) is 0. The minimum Gasteiger partial charge on any atom is -0.378 e. The second-order valence-electron chi connectivity index (χ2n) is 5.49. The number of rotatable bonds is 5. The minimum absolute atomic E-state index is 0.315. The van der Waals surface area contributed by atoms with Gasteiger partial charge in [0.2, 0.25) is 0 Å². The van der Waals surface area contributed by atoms with Gasteiger partial charge in [0.25, 0.3) is 0 Å². The lowest BCUT2D eigenvalue weighted by Crippen LogP contribution is -2.08. The quantitative estimate of drug-likeness (QED) is 0.780. The highest BCUT2D eigenvalue weighted by Crippen LogP contribution is 2.19. The first kappa shape index (κ1) is 17.7. The first-order chi connectivity index (χ1) is 11.3. The molecule has 0 amide bonds. The van der Waals surface area contributed by atoms with Crippen LogP contribution in [0.5, 0.6) is 0 Å². The molecule has 24 heavy (non-hydrogen) atoms. The maximum atomic E-state index is 12.9. The summed E-state index contributed by atoms with van der Waals surface area (Å²) < 4.78 is 37.7. The smallest absolute Gasteiger partial charge is 0.192 e. The fraction of sp³-hybridized carbons (Fsp3) is 0.167. The molecule has 0 bridgehead atoms. The zero-order valence-corrected chi connectivity index (χ0v) is 14.2. The van der Waals surface area contributed by atoms with Crippen molar-refractivity contribution in [2.24, 2.45) is 0 Å². The molecule has 2 aromatic rings. The van der Waals surface area contributed by atoms with Gasteiger partial charge in [0.15, 0.2) is 9.84 Å². The second kappa shape index (κ2) is 7.28. The van der Waals surface area contributed by atoms with Crippen molar-refractivity contribution in [1.82, 2.24) is 0 Å². The number of halogens is 1. The molecule has 124 valence electrons. The summed E-state index contributed by atoms with van der Waals surface area (Å²) in [5.41, 5.74) is 2.03. The molecule has 2 rings (SSSR count). The van der Waals surface area contributed by atoms with E-state index in [1.807, 2.05) is 31.1 Å². The SMILES string of the molecule is CN(C)c1ccc(/C=C(\C#N)S(=O)(=O)Cc2ccc(F)cc2)cc1. The van der Waals surface area contributed by atoms with Gasteiger partial charge in [-0.05, 0) is 41.5 Å². The molecule has 0 aliphatic heterocycles. The molecule has 0 aromatic heterocycles. The van der Waals surface area contributed by atoms with E-state index in [0.29, 0.717) is 11.1 Å². The molecule has 0 aliphatic rings. The summed E-state index contributed by atoms with van der Waals surface area (Å²) in [6.07, 6.45) is 1.35. The highest BCUT2D eigenvalue weighted by atomic mass is 32.2. The first-order valence-electron chi connectivity index (χ1n) is 7.18. The van der Waals surface area contributed by atoms with Crippen molar-refractivity contribution in [3.8, 4) is 6.07 Å². The van der Waals surface area contributed by atoms with Crippen molar-refractivity contribution < 1.29 is 12.8 Å². The molecule has 2 aromatic carbocycles. The summed E-state index contributed by atoms with van der Waals surface area (Å²) in [4.78, 5) is 1.61. The van der Waals surface area contributed by atoms with Crippen LogP contribution in [0.15, 0.2) is 53.4 Å². The summed E-state index contributed by atoms with van der Waals surface area (Å²) in [6.45, 7) is 0. The molecule has 0 saturated carbocycles. The molecule has 0 unspecified atom stereocenters. The van der Waals surface area contributed by atoms with Gasteiger partial charge in [0.05, 0.1) is 5.75 Å². The molecule has 0 spiro atoms. The van der Waals surface area contributed by atoms with Gasteiger partial charge in [-0.3, -0.25) is 0 Å². The zero-order chi connectivity index (χ0) is 17.7. The number of nitrogens with zero attached hydrogens (tertiary/aromatic N) is 2. The number of anilines is 1. The normalized spacial score (nSPS) is 11.8. The van der Waals surface area contributed by atoms with Crippen LogP contribution in [0.4, 0.5) is 10.1 Å². The van der Waals surface area contributed by atoms with Crippen LogP contribution < -0.4 is 4.90 Å². The average Bonchev–Trinajstić information content (AvgIpc) is 2.54. The van der Waals surface area contributed by atoms with E-state index in [1.54, 1.807) is 18.2 Å². The van der Waals surface area contributed by atoms with Crippen LogP contribution in [-0.2, 0) is 15.6 Å². The largest absolute Gasteiger partial charge is 0.378 e. The number of hydrogen-bond acceptors (Lipinski definition) is 4. The Morgan fingerprint density at radius 1 is 1.12 bits per heavy atom. The predicted octanol–water partition coefficient (Wildman–Crippen LogP) is 3.37. The summed E-state index contributed by atoms with van der Waals surface area (Å²) in [7, 11) is 0.00714. The lowest BCUT2D eigenvalue weighted by Gasteiger charge is -2.12. The Balaban J connectivity index is 2.28. The van der Waals surface area contributed by atoms with E-state index in [9.17, 15) is 18.1 Å². The monoisotopic (exact) mass is 344 g/mol. The van der Waals surface area contributed by atoms with Gasteiger partial charge in [-0.2, -0.15) is 5.26 Å². The van der Waals surface area contributed by atoms with Gasteiger partial charge in [0.1, 0.15) is 16.8 Å². The molecule has 0 radical (unpaired) electrons. The lowest BCUT2D eigenvalue weighted by atomic mass is 10.2. The summed E-state index contributed by atoms with van der Waals surface area (Å²) >= 11 is 0. The molecule has 0 atom stereocenters. The van der Waals surface area contributed by atoms with Crippen LogP contribution in [0.2, 0.25) is 0 Å². The van der Waals surface area contributed by atoms with Crippen molar-refractivity contribution in [3.05, 3.63) is 70.4 Å². The highest BCUT2D eigenvalue weighted by Gasteiger charge is 2.18. The van der Waals surface area contributed by atoms with Crippen LogP contribution in [0.1, 0.15) is 11.1 Å². The standard InChI is InChI=1S/C18H17FN2O2S/c1-21(2)17-9-5-14(6-10-17)11-18(12-20)24(22,23)13-15-3-7-16(19)8-4-15/h3-11H,13H2,1-2H3/b18-11+. The molecule has 0 fully saturated rings. The zero-order valence-electron chi connectivity index (χ0n) is 13.4. The molecule has 4 nitrogen and oxygen atoms in total. The Labute approximate surface area is 141 Å². The van der Waals surface area contributed by atoms with Crippen molar-refractivity contribution >= 4 is 21.6 Å². The Hall–Kier alpha value is -2.65. The third kappa shape index (κ3) is 4.43. The van der Waals surface area contributed by atoms with Crippen molar-refractivity contribution in [1.29, 1.82) is 5.26 Å². The van der Waals surface area contributed by atoms with Crippen molar-refractivity contribution in [2.45, 2.75) is 5.75 Å². The second-order valence-corrected chi connectivity index (χ2v) is 7.45. The Kier molecular flexibility index (Phi) is 5.37. The topological polar surface area (TPSA) is 61.2 Å². The molecule has 0 saturated heterocycles. The van der Waals surface area contributed by atoms with E-state index in [0.717, 1.165) is 5.69 Å². The first-order valence-corrected chi connectivity index (χ1v) is 8.83. The van der Waals surface area contributed by atoms with E-state index in [1.165, 1.54) is 30.3 Å². The molecule has 6 heteroatoms. The Morgan fingerprint density at radius 2 is 1.71 bits per heavy atom. The Bertz CT molecular complexity index is 878. The van der Waals surface area contributed by atoms with E-state index >= 15 is 0 Å². The molecule has 0 N–H and O–H groups in total. The van der Waals surface area contributed by atoms with Crippen LogP contribution in [0.25, 0.3) is 6.08 Å². The third-order valence-electron chi connectivity index (χ3n) is 3.42. The number of allylic oxidation sites excluding steroid dienone is 1. The number of nitriles is 1. The molecule has 0 aliphatic carbocycles. The molecule has 0 heterocycles. The van der Waals surface area contributed by atoms with Gasteiger partial charge in [-0.15, -0.1) is 0 Å². The van der Waals surface area contributed by atoms with Gasteiger partial charge >= 0.3 is 0 Å². The van der Waals surface area contributed by atoms with Gasteiger partial charge in [-0.1, -0.05) is 24.3 Å². The van der Waals surface area contributed by atoms with Gasteiger partial charge < -0.3 is 4.90 Å². The fourth-order valence-electron chi connectivity index (χ4n) is 2.09. The fourth-order valence-corrected chi connectivity index (χ4v) is 3.33. The summed E-state index contributed by atoms with van der Waals surface area (Å²) in [5.74, 6) is -0.782. The van der Waals surface area contributed by atoms with E-state index < -0.39 is 15.7 Å². The van der Waals surface area contributed by atoms with Crippen LogP contribution in [0.3, 0.4) is 0 Å². The van der Waals surface area contributed by atoms with Crippen molar-refractivity contribution in [2.75, 3.05) is 19.0 Å². The van der Waals surface area contributed by atoms with E-state index in [-0.39, 0.29) is 10.7 Å². The lowest BCUT2D eigenvalue weighted by molar-refractivity contribution is 0.602. The maximum Gasteiger partial charge on any atom is 0.192 e. The van der Waals surface area contributed by atoms with Gasteiger partial charge in [0, 0.05) is 19.8 Å². The average molecular weight is 344 g/mol. The molecular weight excluding hydrogens is 327 g/mol. The summed E-state index contributed by atoms with van der Waals surface area (Å²) in [5, 5.41) is 9.22. The molecular formula is C18H17FN2O2S. The number of sulfone groups is 1. The van der Waals surface area contributed by atoms with Crippen LogP contribution in [-0.4, -0.2) is 22.5 Å². The van der Waals surface area contributed by atoms with Crippen LogP contribution in [0, 0.1) is 17.1 Å². The maximum absolute atomic E-state index is 12.9. The van der Waals surface area contributed by atoms with Crippen molar-refractivity contribution in [3.63, 3.8) is 0 Å². The Morgan fingerprint density at radius 3 is 2.21 bits per heavy atom. The minimum atomic E-state index is -3.80. The third-order valence-corrected chi connectivity index (χ3v) is 5.02. The van der Waals surface area contributed by atoms with Gasteiger partial charge in [-0.25, -0.2) is 12.8 Å². The predicted molar refractivity (Wildman–Crippen MR) is 93.4 cm³/mol. The van der Waals surface area contributed by atoms with Crippen LogP contribution >= 0.6 is 0 Å². The highest BCUT2D eigenvalue weighted by molar-refractivity contribution is 7.95. The van der Waals surface area contributed by atoms with E-state index in [4.69, 9.17) is 0 Å².